The lowest BCUT2D eigenvalue weighted by atomic mass is 10.0. The number of rotatable bonds is 8. The maximum absolute atomic E-state index is 13.4. The number of halogens is 1. The van der Waals surface area contributed by atoms with Crippen molar-refractivity contribution in [3.05, 3.63) is 84.2 Å². The number of carbonyl (C=O) groups excluding carboxylic acids is 2. The highest BCUT2D eigenvalue weighted by molar-refractivity contribution is 7.92. The van der Waals surface area contributed by atoms with Crippen LogP contribution in [0.2, 0.25) is 0 Å². The zero-order valence-corrected chi connectivity index (χ0v) is 24.5. The second-order valence-corrected chi connectivity index (χ2v) is 12.1. The van der Waals surface area contributed by atoms with E-state index in [1.807, 2.05) is 25.1 Å². The number of nitrogens with zero attached hydrogens (tertiary/aromatic N) is 2. The summed E-state index contributed by atoms with van der Waals surface area (Å²) in [7, 11) is -2.38. The largest absolute Gasteiger partial charge is 0.488 e. The van der Waals surface area contributed by atoms with Gasteiger partial charge in [0.15, 0.2) is 0 Å². The molecular weight excluding hydrogens is 563 g/mol. The van der Waals surface area contributed by atoms with Crippen LogP contribution in [-0.4, -0.2) is 74.2 Å². The Balaban J connectivity index is 1.62. The summed E-state index contributed by atoms with van der Waals surface area (Å²) in [6, 6.07) is 17.3. The minimum Gasteiger partial charge on any atom is -0.488 e. The van der Waals surface area contributed by atoms with E-state index in [4.69, 9.17) is 4.74 Å². The van der Waals surface area contributed by atoms with Crippen LogP contribution < -0.4 is 14.8 Å². The first-order chi connectivity index (χ1) is 20.0. The molecule has 3 N–H and O–H groups in total. The highest BCUT2D eigenvalue weighted by atomic mass is 32.2. The summed E-state index contributed by atoms with van der Waals surface area (Å²) in [6.07, 6.45) is -0.647. The Bertz CT molecular complexity index is 1500. The predicted molar refractivity (Wildman–Crippen MR) is 157 cm³/mol. The number of para-hydroxylation sites is 1. The third-order valence-corrected chi connectivity index (χ3v) is 8.52. The number of aliphatic hydroxyl groups is 1. The molecule has 3 aromatic carbocycles. The third kappa shape index (κ3) is 7.56. The number of ether oxygens (including phenoxy) is 1. The van der Waals surface area contributed by atoms with Crippen LogP contribution in [0.15, 0.2) is 77.7 Å². The molecule has 12 heteroatoms. The Morgan fingerprint density at radius 3 is 2.48 bits per heavy atom. The second-order valence-electron chi connectivity index (χ2n) is 10.4. The van der Waals surface area contributed by atoms with Crippen molar-refractivity contribution < 1.29 is 32.2 Å². The van der Waals surface area contributed by atoms with Gasteiger partial charge in [-0.25, -0.2) is 17.6 Å². The first-order valence-corrected chi connectivity index (χ1v) is 15.0. The van der Waals surface area contributed by atoms with Gasteiger partial charge in [0.1, 0.15) is 17.7 Å². The molecule has 10 nitrogen and oxygen atoms in total. The van der Waals surface area contributed by atoms with Crippen molar-refractivity contribution in [1.29, 1.82) is 0 Å². The SMILES string of the molecule is C[C@H](CO)N1C[C@H](C)[C@H](CN(C)C(=O)Nc2ccccc2)Oc2ccc(NS(=O)(=O)c3ccc(F)cc3)cc2CC1=O. The van der Waals surface area contributed by atoms with E-state index in [2.05, 4.69) is 10.0 Å². The average Bonchev–Trinajstić information content (AvgIpc) is 3.00. The van der Waals surface area contributed by atoms with Crippen molar-refractivity contribution >= 4 is 33.3 Å². The normalized spacial score (nSPS) is 18.0. The predicted octanol–water partition coefficient (Wildman–Crippen LogP) is 3.94. The van der Waals surface area contributed by atoms with Crippen molar-refractivity contribution in [2.75, 3.05) is 36.8 Å². The Morgan fingerprint density at radius 1 is 1.12 bits per heavy atom. The second kappa shape index (κ2) is 13.2. The molecule has 1 aliphatic heterocycles. The Kier molecular flexibility index (Phi) is 9.69. The van der Waals surface area contributed by atoms with Crippen molar-refractivity contribution in [3.63, 3.8) is 0 Å². The molecule has 0 aromatic heterocycles. The number of anilines is 2. The summed E-state index contributed by atoms with van der Waals surface area (Å²) >= 11 is 0. The summed E-state index contributed by atoms with van der Waals surface area (Å²) in [4.78, 5) is 29.3. The summed E-state index contributed by atoms with van der Waals surface area (Å²) in [5, 5.41) is 12.7. The highest BCUT2D eigenvalue weighted by Gasteiger charge is 2.32. The van der Waals surface area contributed by atoms with Gasteiger partial charge in [-0.1, -0.05) is 25.1 Å². The number of sulfonamides is 1. The number of amides is 3. The van der Waals surface area contributed by atoms with Gasteiger partial charge in [0, 0.05) is 36.4 Å². The molecule has 0 fully saturated rings. The molecule has 0 unspecified atom stereocenters. The monoisotopic (exact) mass is 598 g/mol. The van der Waals surface area contributed by atoms with Crippen LogP contribution in [0.4, 0.5) is 20.6 Å². The molecule has 3 amide bonds. The molecule has 0 radical (unpaired) electrons. The molecule has 0 saturated carbocycles. The van der Waals surface area contributed by atoms with Crippen molar-refractivity contribution in [3.8, 4) is 5.75 Å². The van der Waals surface area contributed by atoms with Crippen LogP contribution in [0.25, 0.3) is 0 Å². The zero-order chi connectivity index (χ0) is 30.4. The number of benzene rings is 3. The molecular formula is C30H35FN4O6S. The number of fused-ring (bicyclic) bond motifs is 1. The number of hydrogen-bond acceptors (Lipinski definition) is 6. The average molecular weight is 599 g/mol. The van der Waals surface area contributed by atoms with Crippen molar-refractivity contribution in [2.24, 2.45) is 5.92 Å². The van der Waals surface area contributed by atoms with E-state index < -0.39 is 28.0 Å². The van der Waals surface area contributed by atoms with Gasteiger partial charge in [0.05, 0.1) is 30.5 Å². The van der Waals surface area contributed by atoms with Gasteiger partial charge in [-0.05, 0) is 61.5 Å². The molecule has 224 valence electrons. The van der Waals surface area contributed by atoms with E-state index in [-0.39, 0.29) is 54.6 Å². The molecule has 1 aliphatic rings. The highest BCUT2D eigenvalue weighted by Crippen LogP contribution is 2.30. The summed E-state index contributed by atoms with van der Waals surface area (Å²) < 4.78 is 48.0. The molecule has 1 heterocycles. The number of likely N-dealkylation sites (N-methyl/N-ethyl adjacent to an activating group) is 1. The number of carbonyl (C=O) groups is 2. The third-order valence-electron chi connectivity index (χ3n) is 7.12. The van der Waals surface area contributed by atoms with Gasteiger partial charge in [-0.15, -0.1) is 0 Å². The van der Waals surface area contributed by atoms with E-state index in [0.717, 1.165) is 24.3 Å². The quantitative estimate of drug-likeness (QED) is 0.361. The summed E-state index contributed by atoms with van der Waals surface area (Å²) in [6.45, 7) is 3.87. The lowest BCUT2D eigenvalue weighted by molar-refractivity contribution is -0.134. The minimum atomic E-state index is -4.03. The fourth-order valence-electron chi connectivity index (χ4n) is 4.63. The van der Waals surface area contributed by atoms with E-state index in [9.17, 15) is 27.5 Å². The van der Waals surface area contributed by atoms with E-state index in [1.54, 1.807) is 37.1 Å². The van der Waals surface area contributed by atoms with E-state index in [0.29, 0.717) is 17.0 Å². The van der Waals surface area contributed by atoms with Crippen LogP contribution >= 0.6 is 0 Å². The summed E-state index contributed by atoms with van der Waals surface area (Å²) in [5.41, 5.74) is 1.27. The standard InChI is InChI=1S/C30H35FN4O6S/c1-20-17-35(21(2)19-36)29(37)16-22-15-25(33-42(39,40)26-12-9-23(31)10-13-26)11-14-27(22)41-28(20)18-34(3)30(38)32-24-7-5-4-6-8-24/h4-15,20-21,28,33,36H,16-19H2,1-3H3,(H,32,38)/t20-,21+,28-/m0/s1. The number of hydrogen-bond donors (Lipinski definition) is 3. The van der Waals surface area contributed by atoms with Gasteiger partial charge in [0.2, 0.25) is 5.91 Å². The van der Waals surface area contributed by atoms with Crippen LogP contribution in [0.5, 0.6) is 5.75 Å². The van der Waals surface area contributed by atoms with Gasteiger partial charge in [-0.2, -0.15) is 0 Å². The van der Waals surface area contributed by atoms with Gasteiger partial charge in [-0.3, -0.25) is 9.52 Å². The van der Waals surface area contributed by atoms with Gasteiger partial charge < -0.3 is 25.0 Å². The smallest absolute Gasteiger partial charge is 0.321 e. The zero-order valence-electron chi connectivity index (χ0n) is 23.7. The van der Waals surface area contributed by atoms with Crippen molar-refractivity contribution in [2.45, 2.75) is 37.3 Å². The van der Waals surface area contributed by atoms with E-state index >= 15 is 0 Å². The molecule has 0 aliphatic carbocycles. The number of aliphatic hydroxyl groups excluding tert-OH is 1. The fourth-order valence-corrected chi connectivity index (χ4v) is 5.68. The maximum Gasteiger partial charge on any atom is 0.321 e. The molecule has 3 aromatic rings. The lowest BCUT2D eigenvalue weighted by Crippen LogP contribution is -2.48. The molecule has 0 spiro atoms. The molecule has 42 heavy (non-hydrogen) atoms. The minimum absolute atomic E-state index is 0.102. The Hall–Kier alpha value is -4.16. The van der Waals surface area contributed by atoms with Crippen LogP contribution in [0, 0.1) is 11.7 Å². The van der Waals surface area contributed by atoms with E-state index in [1.165, 1.54) is 17.0 Å². The molecule has 0 bridgehead atoms. The molecule has 3 atom stereocenters. The number of urea groups is 1. The Morgan fingerprint density at radius 2 is 1.81 bits per heavy atom. The van der Waals surface area contributed by atoms with Crippen molar-refractivity contribution in [1.82, 2.24) is 9.80 Å². The lowest BCUT2D eigenvalue weighted by Gasteiger charge is -2.34. The fraction of sp³-hybridized carbons (Fsp3) is 0.333. The molecule has 0 saturated heterocycles. The Labute approximate surface area is 245 Å². The first kappa shape index (κ1) is 30.8. The van der Waals surface area contributed by atoms with Crippen LogP contribution in [0.3, 0.4) is 0 Å². The molecule has 4 rings (SSSR count). The maximum atomic E-state index is 13.4. The summed E-state index contributed by atoms with van der Waals surface area (Å²) in [5.74, 6) is -0.684. The van der Waals surface area contributed by atoms with Crippen LogP contribution in [0.1, 0.15) is 19.4 Å². The van der Waals surface area contributed by atoms with Crippen LogP contribution in [-0.2, 0) is 21.2 Å². The van der Waals surface area contributed by atoms with Gasteiger partial charge >= 0.3 is 6.03 Å². The topological polar surface area (TPSA) is 128 Å². The van der Waals surface area contributed by atoms with Gasteiger partial charge in [0.25, 0.3) is 10.0 Å². The number of nitrogens with one attached hydrogen (secondary N) is 2. The first-order valence-electron chi connectivity index (χ1n) is 13.5.